The van der Waals surface area contributed by atoms with Crippen LogP contribution < -0.4 is 14.2 Å². The number of hydrogen-bond acceptors (Lipinski definition) is 10. The first kappa shape index (κ1) is 21.4. The number of amides is 2. The lowest BCUT2D eigenvalue weighted by Crippen LogP contribution is -2.22. The van der Waals surface area contributed by atoms with Crippen LogP contribution in [-0.4, -0.2) is 56.0 Å². The maximum atomic E-state index is 12.5. The Hall–Kier alpha value is -3.29. The number of ether oxygens (including phenoxy) is 3. The number of rotatable bonds is 5. The highest BCUT2D eigenvalue weighted by molar-refractivity contribution is 7.94. The van der Waals surface area contributed by atoms with Crippen molar-refractivity contribution < 1.29 is 42.4 Å². The van der Waals surface area contributed by atoms with Crippen molar-refractivity contribution in [3.63, 3.8) is 0 Å². The van der Waals surface area contributed by atoms with E-state index >= 15 is 0 Å². The molecule has 11 nitrogen and oxygen atoms in total. The number of aliphatic hydroxyl groups is 1. The topological polar surface area (TPSA) is 152 Å². The van der Waals surface area contributed by atoms with E-state index in [2.05, 4.69) is 9.46 Å². The summed E-state index contributed by atoms with van der Waals surface area (Å²) in [5.74, 6) is -0.921. The number of benzene rings is 1. The third-order valence-electron chi connectivity index (χ3n) is 3.84. The van der Waals surface area contributed by atoms with E-state index in [4.69, 9.17) is 14.6 Å². The molecule has 2 amide bonds. The quantitative estimate of drug-likeness (QED) is 0.569. The summed E-state index contributed by atoms with van der Waals surface area (Å²) in [7, 11) is -2.88. The fourth-order valence-electron chi connectivity index (χ4n) is 2.55. The minimum atomic E-state index is -3.88. The molecule has 30 heavy (non-hydrogen) atoms. The van der Waals surface area contributed by atoms with Gasteiger partial charge < -0.3 is 24.4 Å². The van der Waals surface area contributed by atoms with Gasteiger partial charge in [0.2, 0.25) is 12.5 Å². The van der Waals surface area contributed by atoms with Gasteiger partial charge in [0, 0.05) is 18.9 Å². The molecule has 2 aliphatic heterocycles. The predicted octanol–water partition coefficient (Wildman–Crippen LogP) is 1.54. The van der Waals surface area contributed by atoms with Crippen molar-refractivity contribution in [3.05, 3.63) is 35.3 Å². The van der Waals surface area contributed by atoms with E-state index in [-0.39, 0.29) is 46.1 Å². The number of fused-ring (bicyclic) bond motifs is 1. The number of anilines is 1. The number of carbonyl (C=O) groups excluding carboxylic acids is 2. The molecule has 0 atom stereocenters. The zero-order valence-corrected chi connectivity index (χ0v) is 17.0. The molecule has 0 bridgehead atoms. The van der Waals surface area contributed by atoms with Crippen LogP contribution >= 0.6 is 11.3 Å². The lowest BCUT2D eigenvalue weighted by Gasteiger charge is -2.12. The Balaban J connectivity index is 0.00000124. The molecule has 1 fully saturated rings. The number of nitrogens with one attached hydrogen (secondary N) is 1. The Labute approximate surface area is 174 Å². The fraction of sp³-hybridized carbons (Fsp3) is 0.176. The number of nitrogens with zero attached hydrogens (tertiary/aromatic N) is 1. The van der Waals surface area contributed by atoms with Crippen molar-refractivity contribution in [3.8, 4) is 17.2 Å². The molecule has 4 rings (SSSR count). The van der Waals surface area contributed by atoms with Gasteiger partial charge in [-0.1, -0.05) is 6.07 Å². The normalized spacial score (nSPS) is 15.2. The number of cyclic esters (lactones) is 1. The highest BCUT2D eigenvalue weighted by atomic mass is 32.2. The van der Waals surface area contributed by atoms with Crippen LogP contribution in [-0.2, 0) is 19.6 Å². The fourth-order valence-corrected chi connectivity index (χ4v) is 4.60. The van der Waals surface area contributed by atoms with Crippen LogP contribution in [0.5, 0.6) is 17.2 Å². The number of sulfonamides is 1. The van der Waals surface area contributed by atoms with Gasteiger partial charge in [-0.2, -0.15) is 0 Å². The lowest BCUT2D eigenvalue weighted by atomic mass is 10.1. The first-order valence-electron chi connectivity index (χ1n) is 8.20. The van der Waals surface area contributed by atoms with Crippen molar-refractivity contribution >= 4 is 45.1 Å². The first-order chi connectivity index (χ1) is 14.4. The SMILES string of the molecule is CO.O=C1COC(=O)N1/C=C/c1cc(NS(=O)(=O)c2cccs2)c2c(c1O)OCO2. The maximum Gasteiger partial charge on any atom is 0.421 e. The smallest absolute Gasteiger partial charge is 0.421 e. The summed E-state index contributed by atoms with van der Waals surface area (Å²) in [5.41, 5.74) is 0.134. The van der Waals surface area contributed by atoms with Gasteiger partial charge in [-0.25, -0.2) is 18.1 Å². The van der Waals surface area contributed by atoms with Gasteiger partial charge >= 0.3 is 6.09 Å². The summed E-state index contributed by atoms with van der Waals surface area (Å²) in [4.78, 5) is 23.8. The molecule has 2 aliphatic rings. The summed E-state index contributed by atoms with van der Waals surface area (Å²) in [6.45, 7) is -0.580. The van der Waals surface area contributed by atoms with Crippen molar-refractivity contribution in [2.24, 2.45) is 0 Å². The number of aliphatic hydroxyl groups excluding tert-OH is 1. The van der Waals surface area contributed by atoms with E-state index in [1.807, 2.05) is 0 Å². The summed E-state index contributed by atoms with van der Waals surface area (Å²) in [6.07, 6.45) is 1.53. The Morgan fingerprint density at radius 2 is 1.93 bits per heavy atom. The second kappa shape index (κ2) is 8.61. The largest absolute Gasteiger partial charge is 0.504 e. The number of aromatic hydroxyl groups is 1. The molecule has 1 aromatic carbocycles. The predicted molar refractivity (Wildman–Crippen MR) is 105 cm³/mol. The van der Waals surface area contributed by atoms with E-state index < -0.39 is 22.0 Å². The van der Waals surface area contributed by atoms with Crippen molar-refractivity contribution in [2.75, 3.05) is 25.2 Å². The standard InChI is InChI=1S/C16H12N2O8S2.CH4O/c19-11-7-24-16(21)18(11)4-3-9-6-10(14-15(13(9)20)26-8-25-14)17-28(22,23)12-2-1-5-27-12;1-2/h1-6,17,20H,7-8H2;2H,1H3/b4-3+;. The van der Waals surface area contributed by atoms with Gasteiger partial charge in [0.15, 0.2) is 18.1 Å². The van der Waals surface area contributed by atoms with Crippen LogP contribution in [0.4, 0.5) is 10.5 Å². The van der Waals surface area contributed by atoms with Crippen LogP contribution in [0.25, 0.3) is 6.08 Å². The average molecular weight is 456 g/mol. The summed E-state index contributed by atoms with van der Waals surface area (Å²) >= 11 is 1.04. The Morgan fingerprint density at radius 3 is 2.57 bits per heavy atom. The molecule has 160 valence electrons. The molecule has 3 N–H and O–H groups in total. The molecule has 0 saturated carbocycles. The molecule has 1 aromatic heterocycles. The molecule has 0 aliphatic carbocycles. The van der Waals surface area contributed by atoms with Crippen LogP contribution in [0.15, 0.2) is 34.0 Å². The molecule has 0 unspecified atom stereocenters. The summed E-state index contributed by atoms with van der Waals surface area (Å²) in [5, 5.41) is 19.0. The Kier molecular flexibility index (Phi) is 6.14. The van der Waals surface area contributed by atoms with E-state index in [1.165, 1.54) is 18.2 Å². The minimum absolute atomic E-state index is 0.0337. The average Bonchev–Trinajstić information content (AvgIpc) is 3.48. The monoisotopic (exact) mass is 456 g/mol. The highest BCUT2D eigenvalue weighted by Crippen LogP contribution is 2.48. The molecular weight excluding hydrogens is 440 g/mol. The number of carbonyl (C=O) groups is 2. The Bertz CT molecular complexity index is 1080. The summed E-state index contributed by atoms with van der Waals surface area (Å²) < 4.78 is 42.6. The lowest BCUT2D eigenvalue weighted by molar-refractivity contribution is -0.124. The third-order valence-corrected chi connectivity index (χ3v) is 6.60. The second-order valence-corrected chi connectivity index (χ2v) is 8.46. The van der Waals surface area contributed by atoms with Crippen LogP contribution in [0.1, 0.15) is 5.56 Å². The van der Waals surface area contributed by atoms with Crippen molar-refractivity contribution in [2.45, 2.75) is 4.21 Å². The van der Waals surface area contributed by atoms with Crippen LogP contribution in [0, 0.1) is 0 Å². The zero-order chi connectivity index (χ0) is 21.9. The molecule has 0 radical (unpaired) electrons. The van der Waals surface area contributed by atoms with Gasteiger partial charge in [-0.3, -0.25) is 9.52 Å². The van der Waals surface area contributed by atoms with E-state index in [1.54, 1.807) is 11.4 Å². The van der Waals surface area contributed by atoms with Gasteiger partial charge in [-0.15, -0.1) is 11.3 Å². The molecular formula is C17H16N2O9S2. The van der Waals surface area contributed by atoms with E-state index in [0.717, 1.165) is 29.5 Å². The van der Waals surface area contributed by atoms with Crippen LogP contribution in [0.3, 0.4) is 0 Å². The minimum Gasteiger partial charge on any atom is -0.504 e. The Morgan fingerprint density at radius 1 is 1.20 bits per heavy atom. The number of hydrogen-bond donors (Lipinski definition) is 3. The number of phenols is 1. The van der Waals surface area contributed by atoms with Gasteiger partial charge in [0.05, 0.1) is 5.69 Å². The second-order valence-electron chi connectivity index (χ2n) is 5.60. The molecule has 13 heteroatoms. The molecule has 3 heterocycles. The van der Waals surface area contributed by atoms with Gasteiger partial charge in [0.1, 0.15) is 4.21 Å². The number of thiophene rings is 1. The van der Waals surface area contributed by atoms with Gasteiger partial charge in [-0.05, 0) is 23.6 Å². The van der Waals surface area contributed by atoms with Gasteiger partial charge in [0.25, 0.3) is 15.9 Å². The molecule has 0 spiro atoms. The van der Waals surface area contributed by atoms with E-state index in [9.17, 15) is 23.1 Å². The third kappa shape index (κ3) is 4.03. The number of imide groups is 1. The maximum absolute atomic E-state index is 12.5. The van der Waals surface area contributed by atoms with Crippen LogP contribution in [0.2, 0.25) is 0 Å². The van der Waals surface area contributed by atoms with E-state index in [0.29, 0.717) is 0 Å². The van der Waals surface area contributed by atoms with Crippen molar-refractivity contribution in [1.29, 1.82) is 0 Å². The zero-order valence-electron chi connectivity index (χ0n) is 15.4. The highest BCUT2D eigenvalue weighted by Gasteiger charge is 2.30. The molecule has 2 aromatic rings. The summed E-state index contributed by atoms with van der Waals surface area (Å²) in [6, 6.07) is 4.34. The first-order valence-corrected chi connectivity index (χ1v) is 10.6. The molecule has 1 saturated heterocycles. The number of phenolic OH excluding ortho intramolecular Hbond substituents is 1. The van der Waals surface area contributed by atoms with Crippen molar-refractivity contribution in [1.82, 2.24) is 4.90 Å².